The minimum absolute atomic E-state index is 0.430. The summed E-state index contributed by atoms with van der Waals surface area (Å²) in [4.78, 5) is 8.53. The van der Waals surface area contributed by atoms with E-state index >= 15 is 0 Å². The first-order valence-electron chi connectivity index (χ1n) is 5.64. The molecular formula is C10H17N5O. The molecule has 0 aromatic carbocycles. The van der Waals surface area contributed by atoms with Crippen molar-refractivity contribution in [3.05, 3.63) is 11.7 Å². The summed E-state index contributed by atoms with van der Waals surface area (Å²) in [7, 11) is 0. The highest BCUT2D eigenvalue weighted by molar-refractivity contribution is 5.81. The number of aryl methyl sites for hydroxylation is 1. The lowest BCUT2D eigenvalue weighted by Crippen LogP contribution is -2.38. The van der Waals surface area contributed by atoms with Crippen LogP contribution < -0.4 is 10.6 Å². The van der Waals surface area contributed by atoms with Crippen LogP contribution in [0.3, 0.4) is 0 Å². The summed E-state index contributed by atoms with van der Waals surface area (Å²) in [6, 6.07) is 0.430. The maximum Gasteiger partial charge on any atom is 0.226 e. The average Bonchev–Trinajstić information content (AvgIpc) is 2.88. The molecule has 0 radical (unpaired) electrons. The van der Waals surface area contributed by atoms with Crippen molar-refractivity contribution in [2.75, 3.05) is 13.1 Å². The predicted molar refractivity (Wildman–Crippen MR) is 60.3 cm³/mol. The molecule has 1 aromatic rings. The van der Waals surface area contributed by atoms with Crippen LogP contribution in [-0.4, -0.2) is 35.2 Å². The fourth-order valence-electron chi connectivity index (χ4n) is 1.49. The van der Waals surface area contributed by atoms with E-state index in [0.717, 1.165) is 37.7 Å². The number of guanidine groups is 1. The zero-order valence-electron chi connectivity index (χ0n) is 9.66. The van der Waals surface area contributed by atoms with E-state index in [1.165, 1.54) is 0 Å². The van der Waals surface area contributed by atoms with E-state index < -0.39 is 0 Å². The van der Waals surface area contributed by atoms with Gasteiger partial charge in [-0.3, -0.25) is 4.99 Å². The van der Waals surface area contributed by atoms with Gasteiger partial charge in [0.15, 0.2) is 11.8 Å². The van der Waals surface area contributed by atoms with Crippen LogP contribution in [0.15, 0.2) is 9.52 Å². The normalized spacial score (nSPS) is 19.4. The number of nitrogens with one attached hydrogen (secondary N) is 2. The van der Waals surface area contributed by atoms with Crippen molar-refractivity contribution in [1.29, 1.82) is 0 Å². The van der Waals surface area contributed by atoms with E-state index in [0.29, 0.717) is 11.9 Å². The fourth-order valence-corrected chi connectivity index (χ4v) is 1.49. The van der Waals surface area contributed by atoms with E-state index in [1.54, 1.807) is 0 Å². The highest BCUT2D eigenvalue weighted by atomic mass is 16.5. The van der Waals surface area contributed by atoms with Crippen molar-refractivity contribution in [2.24, 2.45) is 4.99 Å². The van der Waals surface area contributed by atoms with Gasteiger partial charge in [0.25, 0.3) is 0 Å². The molecule has 0 amide bonds. The molecule has 0 spiro atoms. The third-order valence-electron chi connectivity index (χ3n) is 2.36. The van der Waals surface area contributed by atoms with Crippen LogP contribution in [0.4, 0.5) is 0 Å². The molecule has 1 aliphatic rings. The van der Waals surface area contributed by atoms with Gasteiger partial charge in [0.1, 0.15) is 0 Å². The van der Waals surface area contributed by atoms with Gasteiger partial charge in [-0.1, -0.05) is 12.1 Å². The summed E-state index contributed by atoms with van der Waals surface area (Å²) in [5, 5.41) is 10.3. The highest BCUT2D eigenvalue weighted by Crippen LogP contribution is 1.98. The Kier molecular flexibility index (Phi) is 3.38. The molecule has 88 valence electrons. The molecule has 0 saturated carbocycles. The van der Waals surface area contributed by atoms with E-state index in [1.807, 2.05) is 6.92 Å². The predicted octanol–water partition coefficient (Wildman–Crippen LogP) is 0.112. The molecule has 16 heavy (non-hydrogen) atoms. The molecule has 0 aliphatic carbocycles. The van der Waals surface area contributed by atoms with Gasteiger partial charge < -0.3 is 15.2 Å². The van der Waals surface area contributed by atoms with Crippen LogP contribution in [0.25, 0.3) is 0 Å². The molecule has 0 fully saturated rings. The quantitative estimate of drug-likeness (QED) is 0.758. The summed E-state index contributed by atoms with van der Waals surface area (Å²) >= 11 is 0. The number of hydrogen-bond acceptors (Lipinski definition) is 6. The van der Waals surface area contributed by atoms with Crippen LogP contribution in [-0.2, 0) is 12.8 Å². The fraction of sp³-hybridized carbons (Fsp3) is 0.700. The first-order chi connectivity index (χ1) is 7.78. The van der Waals surface area contributed by atoms with Gasteiger partial charge in [-0.15, -0.1) is 0 Å². The van der Waals surface area contributed by atoms with Crippen LogP contribution in [0.2, 0.25) is 0 Å². The SMILES string of the molecule is CCc1nc(CCNC2=NCC(C)N2)no1. The molecule has 0 saturated heterocycles. The minimum atomic E-state index is 0.430. The van der Waals surface area contributed by atoms with Gasteiger partial charge in [-0.2, -0.15) is 4.98 Å². The Hall–Kier alpha value is -1.59. The largest absolute Gasteiger partial charge is 0.356 e. The van der Waals surface area contributed by atoms with Gasteiger partial charge in [0.05, 0.1) is 6.54 Å². The molecule has 6 nitrogen and oxygen atoms in total. The molecule has 1 aromatic heterocycles. The standard InChI is InChI=1S/C10H17N5O/c1-3-9-14-8(15-16-9)4-5-11-10-12-6-7(2)13-10/h7H,3-6H2,1-2H3,(H2,11,12,13). The molecule has 6 heteroatoms. The number of aliphatic imine (C=N–C) groups is 1. The maximum absolute atomic E-state index is 5.02. The van der Waals surface area contributed by atoms with Crippen LogP contribution in [0, 0.1) is 0 Å². The number of rotatable bonds is 4. The lowest BCUT2D eigenvalue weighted by Gasteiger charge is -2.06. The van der Waals surface area contributed by atoms with Gasteiger partial charge >= 0.3 is 0 Å². The Balaban J connectivity index is 1.72. The molecule has 2 N–H and O–H groups in total. The molecule has 0 bridgehead atoms. The minimum Gasteiger partial charge on any atom is -0.356 e. The molecular weight excluding hydrogens is 206 g/mol. The van der Waals surface area contributed by atoms with Crippen molar-refractivity contribution in [3.8, 4) is 0 Å². The van der Waals surface area contributed by atoms with E-state index in [-0.39, 0.29) is 0 Å². The monoisotopic (exact) mass is 223 g/mol. The highest BCUT2D eigenvalue weighted by Gasteiger charge is 2.11. The van der Waals surface area contributed by atoms with Gasteiger partial charge in [-0.05, 0) is 6.92 Å². The van der Waals surface area contributed by atoms with Crippen molar-refractivity contribution in [2.45, 2.75) is 32.7 Å². The molecule has 1 unspecified atom stereocenters. The molecule has 2 rings (SSSR count). The van der Waals surface area contributed by atoms with E-state index in [4.69, 9.17) is 4.52 Å². The Morgan fingerprint density at radius 2 is 2.44 bits per heavy atom. The second-order valence-electron chi connectivity index (χ2n) is 3.87. The zero-order chi connectivity index (χ0) is 11.4. The van der Waals surface area contributed by atoms with Gasteiger partial charge in [-0.25, -0.2) is 0 Å². The van der Waals surface area contributed by atoms with Gasteiger partial charge in [0.2, 0.25) is 5.89 Å². The van der Waals surface area contributed by atoms with Gasteiger partial charge in [0, 0.05) is 25.4 Å². The summed E-state index contributed by atoms with van der Waals surface area (Å²) in [6.07, 6.45) is 1.53. The lowest BCUT2D eigenvalue weighted by atomic mass is 10.4. The van der Waals surface area contributed by atoms with Crippen molar-refractivity contribution in [3.63, 3.8) is 0 Å². The molecule has 1 atom stereocenters. The summed E-state index contributed by atoms with van der Waals surface area (Å²) in [6.45, 7) is 5.70. The molecule has 1 aliphatic heterocycles. The average molecular weight is 223 g/mol. The van der Waals surface area contributed by atoms with Crippen LogP contribution in [0.5, 0.6) is 0 Å². The number of aromatic nitrogens is 2. The van der Waals surface area contributed by atoms with E-state index in [9.17, 15) is 0 Å². The first kappa shape index (κ1) is 10.9. The summed E-state index contributed by atoms with van der Waals surface area (Å²) in [5.41, 5.74) is 0. The third-order valence-corrected chi connectivity index (χ3v) is 2.36. The Morgan fingerprint density at radius 3 is 3.06 bits per heavy atom. The van der Waals surface area contributed by atoms with Crippen LogP contribution >= 0.6 is 0 Å². The Morgan fingerprint density at radius 1 is 1.56 bits per heavy atom. The van der Waals surface area contributed by atoms with E-state index in [2.05, 4.69) is 32.7 Å². The smallest absolute Gasteiger partial charge is 0.226 e. The lowest BCUT2D eigenvalue weighted by molar-refractivity contribution is 0.376. The Labute approximate surface area is 94.5 Å². The number of hydrogen-bond donors (Lipinski definition) is 2. The zero-order valence-corrected chi connectivity index (χ0v) is 9.66. The second-order valence-corrected chi connectivity index (χ2v) is 3.87. The first-order valence-corrected chi connectivity index (χ1v) is 5.64. The van der Waals surface area contributed by atoms with Crippen molar-refractivity contribution < 1.29 is 4.52 Å². The summed E-state index contributed by atoms with van der Waals surface area (Å²) < 4.78 is 5.02. The Bertz CT molecular complexity index is 373. The second kappa shape index (κ2) is 4.96. The maximum atomic E-state index is 5.02. The topological polar surface area (TPSA) is 75.3 Å². The third kappa shape index (κ3) is 2.71. The summed E-state index contributed by atoms with van der Waals surface area (Å²) in [5.74, 6) is 2.31. The molecule has 2 heterocycles. The van der Waals surface area contributed by atoms with Crippen LogP contribution in [0.1, 0.15) is 25.6 Å². The number of nitrogens with zero attached hydrogens (tertiary/aromatic N) is 3. The van der Waals surface area contributed by atoms with Crippen molar-refractivity contribution in [1.82, 2.24) is 20.8 Å². The van der Waals surface area contributed by atoms with Crippen molar-refractivity contribution >= 4 is 5.96 Å².